The second kappa shape index (κ2) is 4.70. The molecule has 2 aliphatic carbocycles. The maximum absolute atomic E-state index is 12.8. The number of hydrogen-bond donors (Lipinski definition) is 2. The van der Waals surface area contributed by atoms with Crippen LogP contribution in [0.3, 0.4) is 0 Å². The van der Waals surface area contributed by atoms with Gasteiger partial charge in [-0.3, -0.25) is 4.79 Å². The zero-order valence-electron chi connectivity index (χ0n) is 13.0. The van der Waals surface area contributed by atoms with Crippen molar-refractivity contribution in [1.29, 1.82) is 0 Å². The SMILES string of the molecule is C=C1C(C)(C)[C@H]2CC[C@]1(C(=O)Nc1ccc(C(=O)O)cc1)C2. The van der Waals surface area contributed by atoms with Gasteiger partial charge in [0.1, 0.15) is 0 Å². The van der Waals surface area contributed by atoms with Gasteiger partial charge in [0.2, 0.25) is 5.91 Å². The first-order valence-electron chi connectivity index (χ1n) is 7.62. The average molecular weight is 299 g/mol. The summed E-state index contributed by atoms with van der Waals surface area (Å²) in [5.41, 5.74) is 1.44. The van der Waals surface area contributed by atoms with Gasteiger partial charge in [0.05, 0.1) is 11.0 Å². The van der Waals surface area contributed by atoms with E-state index in [1.54, 1.807) is 12.1 Å². The standard InChI is InChI=1S/C18H21NO3/c1-11-17(2,3)13-8-9-18(11,10-13)16(22)19-14-6-4-12(5-7-14)15(20)21/h4-7,13H,1,8-10H2,2-3H3,(H,19,22)(H,20,21)/t13-,18-/m0/s1. The van der Waals surface area contributed by atoms with Crippen LogP contribution in [0, 0.1) is 16.7 Å². The van der Waals surface area contributed by atoms with Gasteiger partial charge in [-0.05, 0) is 54.9 Å². The first kappa shape index (κ1) is 14.8. The third kappa shape index (κ3) is 1.97. The maximum atomic E-state index is 12.8. The molecule has 2 N–H and O–H groups in total. The molecule has 0 radical (unpaired) electrons. The summed E-state index contributed by atoms with van der Waals surface area (Å²) in [6.45, 7) is 8.58. The van der Waals surface area contributed by atoms with Gasteiger partial charge >= 0.3 is 5.97 Å². The van der Waals surface area contributed by atoms with Gasteiger partial charge in [-0.25, -0.2) is 4.79 Å². The summed E-state index contributed by atoms with van der Waals surface area (Å²) in [6, 6.07) is 6.27. The van der Waals surface area contributed by atoms with Gasteiger partial charge in [0.25, 0.3) is 0 Å². The average Bonchev–Trinajstić information content (AvgIpc) is 3.00. The summed E-state index contributed by atoms with van der Waals surface area (Å²) >= 11 is 0. The molecular formula is C18H21NO3. The van der Waals surface area contributed by atoms with Crippen molar-refractivity contribution in [3.63, 3.8) is 0 Å². The Balaban J connectivity index is 1.80. The number of nitrogens with one attached hydrogen (secondary N) is 1. The molecule has 2 atom stereocenters. The van der Waals surface area contributed by atoms with E-state index in [4.69, 9.17) is 5.11 Å². The van der Waals surface area contributed by atoms with Crippen LogP contribution in [0.25, 0.3) is 0 Å². The number of carboxylic acids is 1. The lowest BCUT2D eigenvalue weighted by atomic mass is 9.68. The molecule has 0 unspecified atom stereocenters. The van der Waals surface area contributed by atoms with Gasteiger partial charge in [0.15, 0.2) is 0 Å². The Kier molecular flexibility index (Phi) is 3.17. The molecule has 4 heteroatoms. The van der Waals surface area contributed by atoms with Crippen molar-refractivity contribution in [2.45, 2.75) is 33.1 Å². The molecule has 0 heterocycles. The number of anilines is 1. The fraction of sp³-hybridized carbons (Fsp3) is 0.444. The second-order valence-corrected chi connectivity index (χ2v) is 7.06. The number of fused-ring (bicyclic) bond motifs is 2. The number of benzene rings is 1. The van der Waals surface area contributed by atoms with Crippen LogP contribution in [0.15, 0.2) is 36.4 Å². The van der Waals surface area contributed by atoms with Crippen LogP contribution in [0.5, 0.6) is 0 Å². The van der Waals surface area contributed by atoms with Gasteiger partial charge in [-0.2, -0.15) is 0 Å². The van der Waals surface area contributed by atoms with Gasteiger partial charge in [-0.1, -0.05) is 26.0 Å². The minimum absolute atomic E-state index is 0.00588. The molecular weight excluding hydrogens is 278 g/mol. The highest BCUT2D eigenvalue weighted by Crippen LogP contribution is 2.65. The van der Waals surface area contributed by atoms with Crippen LogP contribution in [-0.2, 0) is 4.79 Å². The van der Waals surface area contributed by atoms with E-state index in [-0.39, 0.29) is 16.9 Å². The van der Waals surface area contributed by atoms with Crippen molar-refractivity contribution in [2.24, 2.45) is 16.7 Å². The number of carbonyl (C=O) groups excluding carboxylic acids is 1. The molecule has 0 aliphatic heterocycles. The van der Waals surface area contributed by atoms with Crippen molar-refractivity contribution in [1.82, 2.24) is 0 Å². The molecule has 0 aromatic heterocycles. The summed E-state index contributed by atoms with van der Waals surface area (Å²) < 4.78 is 0. The zero-order chi connectivity index (χ0) is 16.1. The molecule has 1 aromatic rings. The lowest BCUT2D eigenvalue weighted by Crippen LogP contribution is -2.37. The van der Waals surface area contributed by atoms with E-state index in [0.717, 1.165) is 24.8 Å². The molecule has 2 bridgehead atoms. The van der Waals surface area contributed by atoms with Crippen molar-refractivity contribution in [3.8, 4) is 0 Å². The van der Waals surface area contributed by atoms with E-state index in [2.05, 4.69) is 25.7 Å². The Morgan fingerprint density at radius 3 is 2.41 bits per heavy atom. The normalized spacial score (nSPS) is 28.6. The summed E-state index contributed by atoms with van der Waals surface area (Å²) in [5, 5.41) is 11.9. The molecule has 3 rings (SSSR count). The maximum Gasteiger partial charge on any atom is 0.335 e. The molecule has 116 valence electrons. The van der Waals surface area contributed by atoms with E-state index in [9.17, 15) is 9.59 Å². The zero-order valence-corrected chi connectivity index (χ0v) is 13.0. The minimum Gasteiger partial charge on any atom is -0.478 e. The molecule has 1 amide bonds. The largest absolute Gasteiger partial charge is 0.478 e. The van der Waals surface area contributed by atoms with E-state index < -0.39 is 11.4 Å². The van der Waals surface area contributed by atoms with Crippen molar-refractivity contribution >= 4 is 17.6 Å². The Morgan fingerprint density at radius 1 is 1.27 bits per heavy atom. The Labute approximate surface area is 130 Å². The number of aromatic carboxylic acids is 1. The molecule has 2 fully saturated rings. The van der Waals surface area contributed by atoms with Crippen molar-refractivity contribution in [3.05, 3.63) is 42.0 Å². The quantitative estimate of drug-likeness (QED) is 0.836. The number of amides is 1. The molecule has 4 nitrogen and oxygen atoms in total. The van der Waals surface area contributed by atoms with E-state index in [1.807, 2.05) is 0 Å². The molecule has 0 spiro atoms. The summed E-state index contributed by atoms with van der Waals surface area (Å²) in [6.07, 6.45) is 2.80. The lowest BCUT2D eigenvalue weighted by Gasteiger charge is -2.37. The van der Waals surface area contributed by atoms with Gasteiger partial charge < -0.3 is 10.4 Å². The number of rotatable bonds is 3. The van der Waals surface area contributed by atoms with Crippen molar-refractivity contribution in [2.75, 3.05) is 5.32 Å². The first-order chi connectivity index (χ1) is 10.3. The van der Waals surface area contributed by atoms with E-state index in [0.29, 0.717) is 11.6 Å². The number of carbonyl (C=O) groups is 2. The summed E-state index contributed by atoms with van der Waals surface area (Å²) in [7, 11) is 0. The Morgan fingerprint density at radius 2 is 1.91 bits per heavy atom. The Bertz CT molecular complexity index is 659. The highest BCUT2D eigenvalue weighted by atomic mass is 16.4. The third-order valence-electron chi connectivity index (χ3n) is 5.71. The summed E-state index contributed by atoms with van der Waals surface area (Å²) in [4.78, 5) is 23.7. The molecule has 0 saturated heterocycles. The summed E-state index contributed by atoms with van der Waals surface area (Å²) in [5.74, 6) is -0.449. The predicted molar refractivity (Wildman–Crippen MR) is 84.7 cm³/mol. The van der Waals surface area contributed by atoms with Gasteiger partial charge in [0, 0.05) is 5.69 Å². The molecule has 1 aromatic carbocycles. The minimum atomic E-state index is -0.971. The lowest BCUT2D eigenvalue weighted by molar-refractivity contribution is -0.123. The van der Waals surface area contributed by atoms with E-state index in [1.165, 1.54) is 12.1 Å². The monoisotopic (exact) mass is 299 g/mol. The fourth-order valence-corrected chi connectivity index (χ4v) is 4.09. The predicted octanol–water partition coefficient (Wildman–Crippen LogP) is 3.71. The first-order valence-corrected chi connectivity index (χ1v) is 7.62. The fourth-order valence-electron chi connectivity index (χ4n) is 4.09. The van der Waals surface area contributed by atoms with Crippen LogP contribution < -0.4 is 5.32 Å². The second-order valence-electron chi connectivity index (χ2n) is 7.06. The molecule has 2 saturated carbocycles. The van der Waals surface area contributed by atoms with Crippen LogP contribution in [0.1, 0.15) is 43.5 Å². The Hall–Kier alpha value is -2.10. The van der Waals surface area contributed by atoms with Crippen LogP contribution in [0.2, 0.25) is 0 Å². The van der Waals surface area contributed by atoms with Crippen LogP contribution >= 0.6 is 0 Å². The molecule has 22 heavy (non-hydrogen) atoms. The van der Waals surface area contributed by atoms with Crippen molar-refractivity contribution < 1.29 is 14.7 Å². The topological polar surface area (TPSA) is 66.4 Å². The highest BCUT2D eigenvalue weighted by molar-refractivity contribution is 5.99. The van der Waals surface area contributed by atoms with Crippen LogP contribution in [0.4, 0.5) is 5.69 Å². The molecule has 2 aliphatic rings. The van der Waals surface area contributed by atoms with Crippen LogP contribution in [-0.4, -0.2) is 17.0 Å². The highest BCUT2D eigenvalue weighted by Gasteiger charge is 2.60. The number of carboxylic acid groups (broad SMARTS) is 1. The smallest absolute Gasteiger partial charge is 0.335 e. The van der Waals surface area contributed by atoms with Gasteiger partial charge in [-0.15, -0.1) is 0 Å². The third-order valence-corrected chi connectivity index (χ3v) is 5.71. The van der Waals surface area contributed by atoms with E-state index >= 15 is 0 Å². The number of hydrogen-bond acceptors (Lipinski definition) is 2.